The number of benzene rings is 1. The Balaban J connectivity index is 2.51. The van der Waals surface area contributed by atoms with Gasteiger partial charge in [0, 0.05) is 12.6 Å². The molecule has 1 saturated carbocycles. The minimum absolute atomic E-state index is 0.121. The predicted molar refractivity (Wildman–Crippen MR) is 162 cm³/mol. The first-order valence-electron chi connectivity index (χ1n) is 15.5. The summed E-state index contributed by atoms with van der Waals surface area (Å²) in [7, 11) is 0. The van der Waals surface area contributed by atoms with Crippen LogP contribution in [0.15, 0.2) is 18.2 Å². The smallest absolute Gasteiger partial charge is 0.408 e. The number of hydrogen-bond acceptors (Lipinski definition) is 4. The molecule has 0 spiro atoms. The quantitative estimate of drug-likeness (QED) is 0.252. The fraction of sp³-hybridized carbons (Fsp3) is 0.727. The van der Waals surface area contributed by atoms with Crippen LogP contribution in [-0.4, -0.2) is 47.0 Å². The number of rotatable bonds is 13. The van der Waals surface area contributed by atoms with E-state index in [9.17, 15) is 14.4 Å². The van der Waals surface area contributed by atoms with Crippen LogP contribution in [0.3, 0.4) is 0 Å². The number of ether oxygens (including phenoxy) is 1. The Bertz CT molecular complexity index is 943. The van der Waals surface area contributed by atoms with Crippen molar-refractivity contribution in [1.29, 1.82) is 0 Å². The normalized spacial score (nSPS) is 15.8. The van der Waals surface area contributed by atoms with Crippen molar-refractivity contribution < 1.29 is 19.1 Å². The minimum atomic E-state index is -0.820. The first-order valence-corrected chi connectivity index (χ1v) is 15.5. The summed E-state index contributed by atoms with van der Waals surface area (Å²) in [6.07, 6.45) is 9.84. The van der Waals surface area contributed by atoms with Crippen LogP contribution in [0.2, 0.25) is 0 Å². The summed E-state index contributed by atoms with van der Waals surface area (Å²) in [5.74, 6) is -0.573. The Morgan fingerprint density at radius 3 is 2.12 bits per heavy atom. The Morgan fingerprint density at radius 2 is 1.57 bits per heavy atom. The molecule has 1 aliphatic carbocycles. The number of alkyl carbamates (subject to hydrolysis) is 1. The lowest BCUT2D eigenvalue weighted by molar-refractivity contribution is -0.143. The molecule has 226 valence electrons. The first kappa shape index (κ1) is 33.6. The van der Waals surface area contributed by atoms with Crippen molar-refractivity contribution in [2.24, 2.45) is 5.92 Å². The Labute approximate surface area is 243 Å². The highest BCUT2D eigenvalue weighted by molar-refractivity contribution is 5.92. The van der Waals surface area contributed by atoms with E-state index in [1.165, 1.54) is 6.42 Å². The molecule has 2 unspecified atom stereocenters. The second kappa shape index (κ2) is 16.0. The average Bonchev–Trinajstić information content (AvgIpc) is 2.86. The first-order chi connectivity index (χ1) is 18.9. The van der Waals surface area contributed by atoms with Gasteiger partial charge in [0.15, 0.2) is 0 Å². The van der Waals surface area contributed by atoms with Gasteiger partial charge in [-0.25, -0.2) is 4.79 Å². The van der Waals surface area contributed by atoms with Crippen LogP contribution < -0.4 is 10.6 Å². The molecule has 2 N–H and O–H groups in total. The van der Waals surface area contributed by atoms with E-state index in [2.05, 4.69) is 17.6 Å². The zero-order valence-corrected chi connectivity index (χ0v) is 26.4. The average molecular weight is 558 g/mol. The van der Waals surface area contributed by atoms with Crippen molar-refractivity contribution >= 4 is 17.9 Å². The summed E-state index contributed by atoms with van der Waals surface area (Å²) >= 11 is 0. The van der Waals surface area contributed by atoms with Gasteiger partial charge < -0.3 is 20.3 Å². The Morgan fingerprint density at radius 1 is 0.975 bits per heavy atom. The van der Waals surface area contributed by atoms with Gasteiger partial charge in [0.25, 0.3) is 0 Å². The van der Waals surface area contributed by atoms with Crippen LogP contribution in [0.4, 0.5) is 4.79 Å². The van der Waals surface area contributed by atoms with Gasteiger partial charge in [-0.15, -0.1) is 0 Å². The molecule has 0 saturated heterocycles. The van der Waals surface area contributed by atoms with Crippen molar-refractivity contribution in [3.05, 3.63) is 34.9 Å². The van der Waals surface area contributed by atoms with Crippen LogP contribution >= 0.6 is 0 Å². The molecule has 0 radical (unpaired) electrons. The maximum absolute atomic E-state index is 14.4. The highest BCUT2D eigenvalue weighted by Gasteiger charge is 2.39. The molecule has 0 aliphatic heterocycles. The highest BCUT2D eigenvalue weighted by Crippen LogP contribution is 2.31. The molecular formula is C33H55N3O4. The summed E-state index contributed by atoms with van der Waals surface area (Å²) in [6.45, 7) is 15.9. The summed E-state index contributed by atoms with van der Waals surface area (Å²) in [5.41, 5.74) is 2.15. The van der Waals surface area contributed by atoms with E-state index in [0.29, 0.717) is 6.54 Å². The molecule has 0 heterocycles. The standard InChI is InChI=1S/C33H55N3O4/c1-9-10-11-12-16-22-36(31(38)28(23(2)3)35-32(39)40-33(6,7)8)29(27-24(4)18-17-19-25(27)5)30(37)34-26-20-14-13-15-21-26/h17-19,23,26,28-29H,9-16,20-22H2,1-8H3,(H,34,37)(H,35,39). The SMILES string of the molecule is CCCCCCCN(C(=O)C(NC(=O)OC(C)(C)C)C(C)C)C(C(=O)NC1CCCCC1)c1c(C)cccc1C. The van der Waals surface area contributed by atoms with Crippen LogP contribution in [0.1, 0.15) is 128 Å². The molecule has 1 aromatic rings. The number of nitrogens with one attached hydrogen (secondary N) is 2. The van der Waals surface area contributed by atoms with Crippen molar-refractivity contribution in [1.82, 2.24) is 15.5 Å². The number of carbonyl (C=O) groups excluding carboxylic acids is 3. The largest absolute Gasteiger partial charge is 0.444 e. The van der Waals surface area contributed by atoms with Gasteiger partial charge in [-0.05, 0) is 76.5 Å². The number of nitrogens with zero attached hydrogens (tertiary/aromatic N) is 1. The van der Waals surface area contributed by atoms with Crippen molar-refractivity contribution in [2.45, 2.75) is 143 Å². The van der Waals surface area contributed by atoms with E-state index in [1.807, 2.05) is 45.9 Å². The molecule has 3 amide bonds. The van der Waals surface area contributed by atoms with Crippen molar-refractivity contribution in [3.8, 4) is 0 Å². The van der Waals surface area contributed by atoms with Gasteiger partial charge in [-0.2, -0.15) is 0 Å². The number of unbranched alkanes of at least 4 members (excludes halogenated alkanes) is 4. The van der Waals surface area contributed by atoms with E-state index in [-0.39, 0.29) is 23.8 Å². The fourth-order valence-electron chi connectivity index (χ4n) is 5.59. The summed E-state index contributed by atoms with van der Waals surface area (Å²) in [6, 6.07) is 4.53. The third-order valence-electron chi connectivity index (χ3n) is 7.72. The lowest BCUT2D eigenvalue weighted by Crippen LogP contribution is -2.55. The molecule has 2 rings (SSSR count). The van der Waals surface area contributed by atoms with E-state index in [4.69, 9.17) is 4.74 Å². The monoisotopic (exact) mass is 557 g/mol. The molecule has 7 heteroatoms. The predicted octanol–water partition coefficient (Wildman–Crippen LogP) is 7.14. The van der Waals surface area contributed by atoms with Crippen molar-refractivity contribution in [3.63, 3.8) is 0 Å². The van der Waals surface area contributed by atoms with E-state index < -0.39 is 23.8 Å². The van der Waals surface area contributed by atoms with Crippen LogP contribution in [0, 0.1) is 19.8 Å². The zero-order valence-electron chi connectivity index (χ0n) is 26.4. The molecule has 2 atom stereocenters. The van der Waals surface area contributed by atoms with Crippen LogP contribution in [0.5, 0.6) is 0 Å². The molecule has 40 heavy (non-hydrogen) atoms. The molecule has 0 bridgehead atoms. The third-order valence-corrected chi connectivity index (χ3v) is 7.72. The van der Waals surface area contributed by atoms with Gasteiger partial charge in [0.1, 0.15) is 17.7 Å². The molecule has 0 aromatic heterocycles. The molecular weight excluding hydrogens is 502 g/mol. The molecule has 1 aromatic carbocycles. The van der Waals surface area contributed by atoms with Gasteiger partial charge in [0.05, 0.1) is 0 Å². The van der Waals surface area contributed by atoms with E-state index >= 15 is 0 Å². The molecule has 7 nitrogen and oxygen atoms in total. The maximum atomic E-state index is 14.4. The van der Waals surface area contributed by atoms with E-state index in [1.54, 1.807) is 25.7 Å². The van der Waals surface area contributed by atoms with Gasteiger partial charge in [0.2, 0.25) is 11.8 Å². The Hall–Kier alpha value is -2.57. The second-order valence-corrected chi connectivity index (χ2v) is 12.9. The fourth-order valence-corrected chi connectivity index (χ4v) is 5.59. The van der Waals surface area contributed by atoms with Crippen LogP contribution in [-0.2, 0) is 14.3 Å². The van der Waals surface area contributed by atoms with Gasteiger partial charge in [-0.1, -0.05) is 83.9 Å². The topological polar surface area (TPSA) is 87.7 Å². The summed E-state index contributed by atoms with van der Waals surface area (Å²) in [5, 5.41) is 6.15. The van der Waals surface area contributed by atoms with Gasteiger partial charge >= 0.3 is 6.09 Å². The Kier molecular flexibility index (Phi) is 13.5. The van der Waals surface area contributed by atoms with Gasteiger partial charge in [-0.3, -0.25) is 9.59 Å². The lowest BCUT2D eigenvalue weighted by Gasteiger charge is -2.37. The second-order valence-electron chi connectivity index (χ2n) is 12.9. The third kappa shape index (κ3) is 10.4. The lowest BCUT2D eigenvalue weighted by atomic mass is 9.91. The number of amides is 3. The number of hydrogen-bond donors (Lipinski definition) is 2. The molecule has 1 aliphatic rings. The molecule has 1 fully saturated rings. The number of carbonyl (C=O) groups is 3. The number of aryl methyl sites for hydroxylation is 2. The summed E-state index contributed by atoms with van der Waals surface area (Å²) < 4.78 is 5.50. The highest BCUT2D eigenvalue weighted by atomic mass is 16.6. The van der Waals surface area contributed by atoms with Crippen molar-refractivity contribution in [2.75, 3.05) is 6.54 Å². The van der Waals surface area contributed by atoms with E-state index in [0.717, 1.165) is 74.5 Å². The zero-order chi connectivity index (χ0) is 29.9. The maximum Gasteiger partial charge on any atom is 0.408 e. The van der Waals surface area contributed by atoms with Crippen LogP contribution in [0.25, 0.3) is 0 Å². The summed E-state index contributed by atoms with van der Waals surface area (Å²) in [4.78, 5) is 43.1. The minimum Gasteiger partial charge on any atom is -0.444 e.